The number of nitrogens with zero attached hydrogens (tertiary/aromatic N) is 4. The normalized spacial score (nSPS) is 19.3. The van der Waals surface area contributed by atoms with Gasteiger partial charge in [-0.25, -0.2) is 8.42 Å². The molecular weight excluding hydrogens is 404 g/mol. The third-order valence-corrected chi connectivity index (χ3v) is 7.66. The van der Waals surface area contributed by atoms with Crippen LogP contribution in [0, 0.1) is 0 Å². The number of carbonyl (C=O) groups excluding carboxylic acids is 2. The maximum atomic E-state index is 13.1. The van der Waals surface area contributed by atoms with E-state index in [4.69, 9.17) is 0 Å². The van der Waals surface area contributed by atoms with Gasteiger partial charge in [-0.15, -0.1) is 0 Å². The zero-order chi connectivity index (χ0) is 21.7. The number of sulfonamides is 1. The number of amides is 2. The molecule has 3 rings (SSSR count). The number of carbonyl (C=O) groups is 2. The first-order valence-corrected chi connectivity index (χ1v) is 12.0. The third kappa shape index (κ3) is 5.39. The van der Waals surface area contributed by atoms with E-state index in [0.717, 1.165) is 32.2 Å². The second-order valence-electron chi connectivity index (χ2n) is 8.20. The van der Waals surface area contributed by atoms with Gasteiger partial charge in [-0.1, -0.05) is 12.5 Å². The fourth-order valence-electron chi connectivity index (χ4n) is 3.89. The van der Waals surface area contributed by atoms with E-state index in [2.05, 4.69) is 4.90 Å². The SMILES string of the molecule is CN(C)C(=O)CN1CCCN(C(=O)c2cccc(S(=O)(=O)N3CCCCC3)c2)CC1. The number of hydrogen-bond acceptors (Lipinski definition) is 5. The molecule has 0 spiro atoms. The summed E-state index contributed by atoms with van der Waals surface area (Å²) in [6, 6.07) is 6.39. The molecule has 0 bridgehead atoms. The van der Waals surface area contributed by atoms with E-state index in [1.165, 1.54) is 10.4 Å². The average Bonchev–Trinajstić information content (AvgIpc) is 2.99. The van der Waals surface area contributed by atoms with Crippen LogP contribution in [0.2, 0.25) is 0 Å². The molecule has 9 heteroatoms. The van der Waals surface area contributed by atoms with Gasteiger partial charge in [0, 0.05) is 58.9 Å². The van der Waals surface area contributed by atoms with Crippen molar-refractivity contribution in [1.29, 1.82) is 0 Å². The van der Waals surface area contributed by atoms with Gasteiger partial charge >= 0.3 is 0 Å². The van der Waals surface area contributed by atoms with Crippen LogP contribution in [0.1, 0.15) is 36.0 Å². The van der Waals surface area contributed by atoms with Crippen molar-refractivity contribution in [2.24, 2.45) is 0 Å². The molecule has 0 aromatic heterocycles. The second-order valence-corrected chi connectivity index (χ2v) is 10.1. The van der Waals surface area contributed by atoms with E-state index in [1.54, 1.807) is 42.1 Å². The fourth-order valence-corrected chi connectivity index (χ4v) is 5.45. The van der Waals surface area contributed by atoms with E-state index >= 15 is 0 Å². The summed E-state index contributed by atoms with van der Waals surface area (Å²) in [5, 5.41) is 0. The third-order valence-electron chi connectivity index (χ3n) is 5.77. The quantitative estimate of drug-likeness (QED) is 0.690. The Morgan fingerprint density at radius 1 is 0.933 bits per heavy atom. The van der Waals surface area contributed by atoms with Crippen molar-refractivity contribution >= 4 is 21.8 Å². The molecule has 2 fully saturated rings. The first-order valence-electron chi connectivity index (χ1n) is 10.6. The predicted octanol–water partition coefficient (Wildman–Crippen LogP) is 1.10. The lowest BCUT2D eigenvalue weighted by Gasteiger charge is -2.26. The molecule has 2 saturated heterocycles. The molecule has 0 aliphatic carbocycles. The van der Waals surface area contributed by atoms with Crippen LogP contribution in [0.5, 0.6) is 0 Å². The van der Waals surface area contributed by atoms with E-state index in [1.807, 2.05) is 0 Å². The summed E-state index contributed by atoms with van der Waals surface area (Å²) in [4.78, 5) is 30.6. The maximum absolute atomic E-state index is 13.1. The summed E-state index contributed by atoms with van der Waals surface area (Å²) in [5.41, 5.74) is 0.394. The van der Waals surface area contributed by atoms with Gasteiger partial charge in [0.05, 0.1) is 11.4 Å². The molecule has 0 radical (unpaired) electrons. The highest BCUT2D eigenvalue weighted by molar-refractivity contribution is 7.89. The molecule has 0 atom stereocenters. The molecule has 30 heavy (non-hydrogen) atoms. The Hall–Kier alpha value is -1.97. The van der Waals surface area contributed by atoms with Crippen LogP contribution >= 0.6 is 0 Å². The van der Waals surface area contributed by atoms with Crippen molar-refractivity contribution in [3.63, 3.8) is 0 Å². The molecule has 0 N–H and O–H groups in total. The minimum atomic E-state index is -3.57. The highest BCUT2D eigenvalue weighted by Crippen LogP contribution is 2.22. The first-order chi connectivity index (χ1) is 14.3. The van der Waals surface area contributed by atoms with Crippen LogP contribution < -0.4 is 0 Å². The summed E-state index contributed by atoms with van der Waals surface area (Å²) in [6.45, 7) is 3.90. The Bertz CT molecular complexity index is 866. The number of piperidine rings is 1. The lowest BCUT2D eigenvalue weighted by atomic mass is 10.2. The number of hydrogen-bond donors (Lipinski definition) is 0. The molecular formula is C21H32N4O4S. The van der Waals surface area contributed by atoms with Gasteiger partial charge in [-0.2, -0.15) is 4.31 Å². The summed E-state index contributed by atoms with van der Waals surface area (Å²) in [6.07, 6.45) is 3.58. The highest BCUT2D eigenvalue weighted by Gasteiger charge is 2.27. The van der Waals surface area contributed by atoms with Crippen molar-refractivity contribution in [3.8, 4) is 0 Å². The first kappa shape index (κ1) is 22.7. The summed E-state index contributed by atoms with van der Waals surface area (Å²) in [7, 11) is -0.100. The zero-order valence-electron chi connectivity index (χ0n) is 17.9. The number of likely N-dealkylation sites (N-methyl/N-ethyl adjacent to an activating group) is 1. The molecule has 1 aromatic rings. The van der Waals surface area contributed by atoms with Crippen molar-refractivity contribution in [3.05, 3.63) is 29.8 Å². The van der Waals surface area contributed by atoms with Gasteiger partial charge in [0.1, 0.15) is 0 Å². The van der Waals surface area contributed by atoms with Crippen molar-refractivity contribution in [2.75, 3.05) is 59.9 Å². The Balaban J connectivity index is 1.68. The Morgan fingerprint density at radius 3 is 2.37 bits per heavy atom. The van der Waals surface area contributed by atoms with Gasteiger partial charge in [0.15, 0.2) is 0 Å². The predicted molar refractivity (Wildman–Crippen MR) is 115 cm³/mol. The molecule has 2 heterocycles. The van der Waals surface area contributed by atoms with E-state index in [-0.39, 0.29) is 16.7 Å². The Kier molecular flexibility index (Phi) is 7.49. The van der Waals surface area contributed by atoms with Gasteiger partial charge < -0.3 is 9.80 Å². The van der Waals surface area contributed by atoms with Crippen LogP contribution in [-0.2, 0) is 14.8 Å². The lowest BCUT2D eigenvalue weighted by molar-refractivity contribution is -0.129. The van der Waals surface area contributed by atoms with Gasteiger partial charge in [-0.05, 0) is 37.5 Å². The lowest BCUT2D eigenvalue weighted by Crippen LogP contribution is -2.39. The van der Waals surface area contributed by atoms with Crippen LogP contribution in [0.4, 0.5) is 0 Å². The summed E-state index contributed by atoms with van der Waals surface area (Å²) < 4.78 is 27.4. The minimum Gasteiger partial charge on any atom is -0.348 e. The molecule has 2 aliphatic heterocycles. The average molecular weight is 437 g/mol. The van der Waals surface area contributed by atoms with E-state index < -0.39 is 10.0 Å². The van der Waals surface area contributed by atoms with Gasteiger partial charge in [0.25, 0.3) is 5.91 Å². The van der Waals surface area contributed by atoms with Crippen LogP contribution in [0.25, 0.3) is 0 Å². The van der Waals surface area contributed by atoms with Crippen LogP contribution in [-0.4, -0.2) is 99.1 Å². The van der Waals surface area contributed by atoms with Crippen LogP contribution in [0.3, 0.4) is 0 Å². The standard InChI is InChI=1S/C21H32N4O4S/c1-22(2)20(26)17-23-10-7-11-24(15-14-23)21(27)18-8-6-9-19(16-18)30(28,29)25-12-4-3-5-13-25/h6,8-9,16H,3-5,7,10-15,17H2,1-2H3. The molecule has 0 saturated carbocycles. The Morgan fingerprint density at radius 2 is 1.67 bits per heavy atom. The fraction of sp³-hybridized carbons (Fsp3) is 0.619. The van der Waals surface area contributed by atoms with Gasteiger partial charge in [-0.3, -0.25) is 14.5 Å². The van der Waals surface area contributed by atoms with E-state index in [9.17, 15) is 18.0 Å². The largest absolute Gasteiger partial charge is 0.348 e. The van der Waals surface area contributed by atoms with Crippen molar-refractivity contribution < 1.29 is 18.0 Å². The van der Waals surface area contributed by atoms with Gasteiger partial charge in [0.2, 0.25) is 15.9 Å². The number of benzene rings is 1. The summed E-state index contributed by atoms with van der Waals surface area (Å²) >= 11 is 0. The smallest absolute Gasteiger partial charge is 0.253 e. The van der Waals surface area contributed by atoms with Crippen molar-refractivity contribution in [2.45, 2.75) is 30.6 Å². The molecule has 1 aromatic carbocycles. The minimum absolute atomic E-state index is 0.0467. The molecule has 2 amide bonds. The Labute approximate surface area is 179 Å². The molecule has 2 aliphatic rings. The topological polar surface area (TPSA) is 81.2 Å². The maximum Gasteiger partial charge on any atom is 0.253 e. The molecule has 0 unspecified atom stereocenters. The molecule has 166 valence electrons. The highest BCUT2D eigenvalue weighted by atomic mass is 32.2. The zero-order valence-corrected chi connectivity index (χ0v) is 18.7. The van der Waals surface area contributed by atoms with Crippen LogP contribution in [0.15, 0.2) is 29.2 Å². The van der Waals surface area contributed by atoms with E-state index in [0.29, 0.717) is 44.8 Å². The monoisotopic (exact) mass is 436 g/mol. The second kappa shape index (κ2) is 9.89. The summed E-state index contributed by atoms with van der Waals surface area (Å²) in [5.74, 6) is -0.114. The number of rotatable bonds is 5. The molecule has 8 nitrogen and oxygen atoms in total. The van der Waals surface area contributed by atoms with Crippen molar-refractivity contribution in [1.82, 2.24) is 19.0 Å².